The molecule has 19 heavy (non-hydrogen) atoms. The number of hydrogen-bond acceptors (Lipinski definition) is 3. The first-order chi connectivity index (χ1) is 9.28. The molecular formula is C14H17N3OS. The predicted molar refractivity (Wildman–Crippen MR) is 78.0 cm³/mol. The van der Waals surface area contributed by atoms with Crippen molar-refractivity contribution in [2.45, 2.75) is 25.8 Å². The van der Waals surface area contributed by atoms with Gasteiger partial charge < -0.3 is 14.3 Å². The maximum absolute atomic E-state index is 5.41. The van der Waals surface area contributed by atoms with E-state index in [4.69, 9.17) is 17.0 Å². The Bertz CT molecular complexity index is 671. The summed E-state index contributed by atoms with van der Waals surface area (Å²) in [6.45, 7) is 0.920. The number of nitrogens with zero attached hydrogens (tertiary/aromatic N) is 2. The highest BCUT2D eigenvalue weighted by Gasteiger charge is 2.14. The Hall–Kier alpha value is -1.62. The molecule has 0 aliphatic heterocycles. The molecular weight excluding hydrogens is 258 g/mol. The molecule has 0 fully saturated rings. The number of hydrogen-bond donors (Lipinski definition) is 1. The lowest BCUT2D eigenvalue weighted by Crippen LogP contribution is -2.12. The molecule has 4 nitrogen and oxygen atoms in total. The third-order valence-corrected chi connectivity index (χ3v) is 3.94. The average Bonchev–Trinajstić information content (AvgIpc) is 2.76. The molecule has 100 valence electrons. The quantitative estimate of drug-likeness (QED) is 0.689. The molecule has 3 rings (SSSR count). The Kier molecular flexibility index (Phi) is 3.38. The summed E-state index contributed by atoms with van der Waals surface area (Å²) in [5.41, 5.74) is 1.86. The smallest absolute Gasteiger partial charge is 0.215 e. The van der Waals surface area contributed by atoms with Gasteiger partial charge in [0.05, 0.1) is 12.6 Å². The van der Waals surface area contributed by atoms with Gasteiger partial charge in [0.15, 0.2) is 10.4 Å². The zero-order valence-electron chi connectivity index (χ0n) is 10.9. The molecule has 0 spiro atoms. The summed E-state index contributed by atoms with van der Waals surface area (Å²) in [5.74, 6) is 1.27. The van der Waals surface area contributed by atoms with Gasteiger partial charge in [0.2, 0.25) is 5.88 Å². The molecule has 0 bridgehead atoms. The fourth-order valence-electron chi connectivity index (χ4n) is 2.58. The van der Waals surface area contributed by atoms with Gasteiger partial charge in [-0.25, -0.2) is 0 Å². The predicted octanol–water partition coefficient (Wildman–Crippen LogP) is 3.46. The van der Waals surface area contributed by atoms with Crippen LogP contribution in [-0.2, 0) is 6.54 Å². The van der Waals surface area contributed by atoms with E-state index >= 15 is 0 Å². The molecule has 1 atom stereocenters. The Morgan fingerprint density at radius 1 is 1.47 bits per heavy atom. The van der Waals surface area contributed by atoms with Crippen molar-refractivity contribution in [1.29, 1.82) is 0 Å². The van der Waals surface area contributed by atoms with Crippen LogP contribution in [0.2, 0.25) is 0 Å². The second-order valence-electron chi connectivity index (χ2n) is 4.92. The summed E-state index contributed by atoms with van der Waals surface area (Å²) in [5, 5.41) is 0. The van der Waals surface area contributed by atoms with Crippen molar-refractivity contribution in [3.8, 4) is 5.88 Å². The van der Waals surface area contributed by atoms with Crippen LogP contribution < -0.4 is 4.74 Å². The van der Waals surface area contributed by atoms with Crippen molar-refractivity contribution in [2.24, 2.45) is 5.92 Å². The van der Waals surface area contributed by atoms with Crippen LogP contribution >= 0.6 is 12.2 Å². The first kappa shape index (κ1) is 12.4. The lowest BCUT2D eigenvalue weighted by Gasteiger charge is -2.18. The highest BCUT2D eigenvalue weighted by Crippen LogP contribution is 2.23. The molecule has 2 heterocycles. The van der Waals surface area contributed by atoms with Crippen molar-refractivity contribution in [3.05, 3.63) is 29.1 Å². The maximum atomic E-state index is 5.41. The lowest BCUT2D eigenvalue weighted by atomic mass is 9.94. The molecule has 5 heteroatoms. The number of fused-ring (bicyclic) bond motifs is 1. The van der Waals surface area contributed by atoms with Crippen LogP contribution in [0, 0.1) is 10.7 Å². The Morgan fingerprint density at radius 2 is 2.37 bits per heavy atom. The highest BCUT2D eigenvalue weighted by atomic mass is 32.1. The van der Waals surface area contributed by atoms with Crippen LogP contribution in [0.25, 0.3) is 11.2 Å². The van der Waals surface area contributed by atoms with E-state index in [-0.39, 0.29) is 0 Å². The van der Waals surface area contributed by atoms with Gasteiger partial charge >= 0.3 is 0 Å². The lowest BCUT2D eigenvalue weighted by molar-refractivity contribution is 0.395. The molecule has 0 saturated carbocycles. The Labute approximate surface area is 117 Å². The SMILES string of the molecule is COc1ccc2[nH]c(=S)n(CC3CC=CCC3)c2n1. The second-order valence-corrected chi connectivity index (χ2v) is 5.30. The number of ether oxygens (including phenoxy) is 1. The van der Waals surface area contributed by atoms with E-state index in [1.807, 2.05) is 12.1 Å². The van der Waals surface area contributed by atoms with Crippen LogP contribution in [0.3, 0.4) is 0 Å². The molecule has 0 amide bonds. The molecule has 1 unspecified atom stereocenters. The van der Waals surface area contributed by atoms with E-state index in [0.717, 1.165) is 35.3 Å². The highest BCUT2D eigenvalue weighted by molar-refractivity contribution is 7.71. The van der Waals surface area contributed by atoms with Gasteiger partial charge in [-0.05, 0) is 43.5 Å². The number of rotatable bonds is 3. The molecule has 1 N–H and O–H groups in total. The Balaban J connectivity index is 1.99. The first-order valence-electron chi connectivity index (χ1n) is 6.56. The number of methoxy groups -OCH3 is 1. The van der Waals surface area contributed by atoms with Gasteiger partial charge in [-0.15, -0.1) is 0 Å². The number of allylic oxidation sites excluding steroid dienone is 2. The minimum atomic E-state index is 0.624. The summed E-state index contributed by atoms with van der Waals surface area (Å²) in [4.78, 5) is 7.71. The van der Waals surface area contributed by atoms with Crippen LogP contribution in [0.4, 0.5) is 0 Å². The summed E-state index contributed by atoms with van der Waals surface area (Å²) in [6.07, 6.45) is 8.03. The molecule has 0 aromatic carbocycles. The third-order valence-electron chi connectivity index (χ3n) is 3.62. The Morgan fingerprint density at radius 3 is 3.11 bits per heavy atom. The third kappa shape index (κ3) is 2.42. The van der Waals surface area contributed by atoms with Crippen molar-refractivity contribution < 1.29 is 4.74 Å². The number of H-pyrrole nitrogens is 1. The number of aromatic nitrogens is 3. The topological polar surface area (TPSA) is 42.8 Å². The van der Waals surface area contributed by atoms with Gasteiger partial charge in [0.1, 0.15) is 0 Å². The summed E-state index contributed by atoms with van der Waals surface area (Å²) >= 11 is 5.41. The van der Waals surface area contributed by atoms with Crippen molar-refractivity contribution in [2.75, 3.05) is 7.11 Å². The summed E-state index contributed by atoms with van der Waals surface area (Å²) in [6, 6.07) is 3.82. The summed E-state index contributed by atoms with van der Waals surface area (Å²) < 4.78 is 8.03. The van der Waals surface area contributed by atoms with Crippen molar-refractivity contribution >= 4 is 23.4 Å². The minimum absolute atomic E-state index is 0.624. The maximum Gasteiger partial charge on any atom is 0.215 e. The van der Waals surface area contributed by atoms with Gasteiger partial charge in [0.25, 0.3) is 0 Å². The molecule has 0 radical (unpaired) electrons. The largest absolute Gasteiger partial charge is 0.481 e. The van der Waals surface area contributed by atoms with E-state index in [0.29, 0.717) is 11.8 Å². The fraction of sp³-hybridized carbons (Fsp3) is 0.429. The molecule has 0 saturated heterocycles. The standard InChI is InChI=1S/C14H17N3OS/c1-18-12-8-7-11-13(16-12)17(14(19)15-11)9-10-5-3-2-4-6-10/h2-3,7-8,10H,4-6,9H2,1H3,(H,15,19). The monoisotopic (exact) mass is 275 g/mol. The van der Waals surface area contributed by atoms with Gasteiger partial charge in [-0.1, -0.05) is 12.2 Å². The minimum Gasteiger partial charge on any atom is -0.481 e. The molecule has 1 aliphatic carbocycles. The van der Waals surface area contributed by atoms with E-state index in [1.165, 1.54) is 6.42 Å². The molecule has 1 aliphatic rings. The number of aromatic amines is 1. The zero-order chi connectivity index (χ0) is 13.2. The second kappa shape index (κ2) is 5.17. The number of imidazole rings is 1. The van der Waals surface area contributed by atoms with Gasteiger partial charge in [-0.3, -0.25) is 0 Å². The molecule has 2 aromatic heterocycles. The van der Waals surface area contributed by atoms with E-state index in [9.17, 15) is 0 Å². The van der Waals surface area contributed by atoms with E-state index in [2.05, 4.69) is 26.7 Å². The van der Waals surface area contributed by atoms with Gasteiger partial charge in [-0.2, -0.15) is 4.98 Å². The van der Waals surface area contributed by atoms with Crippen LogP contribution in [0.5, 0.6) is 5.88 Å². The van der Waals surface area contributed by atoms with Crippen molar-refractivity contribution in [1.82, 2.24) is 14.5 Å². The zero-order valence-corrected chi connectivity index (χ0v) is 11.7. The van der Waals surface area contributed by atoms with Crippen molar-refractivity contribution in [3.63, 3.8) is 0 Å². The normalized spacial score (nSPS) is 18.9. The first-order valence-corrected chi connectivity index (χ1v) is 6.97. The van der Waals surface area contributed by atoms with E-state index < -0.39 is 0 Å². The van der Waals surface area contributed by atoms with Gasteiger partial charge in [0, 0.05) is 12.6 Å². The van der Waals surface area contributed by atoms with Crippen LogP contribution in [-0.4, -0.2) is 21.6 Å². The van der Waals surface area contributed by atoms with Crippen LogP contribution in [0.15, 0.2) is 24.3 Å². The fourth-order valence-corrected chi connectivity index (χ4v) is 2.85. The molecule has 2 aromatic rings. The summed E-state index contributed by atoms with van der Waals surface area (Å²) in [7, 11) is 1.63. The number of pyridine rings is 1. The number of nitrogens with one attached hydrogen (secondary N) is 1. The average molecular weight is 275 g/mol. The van der Waals surface area contributed by atoms with E-state index in [1.54, 1.807) is 7.11 Å². The van der Waals surface area contributed by atoms with Crippen LogP contribution in [0.1, 0.15) is 19.3 Å².